The second kappa shape index (κ2) is 5.67. The topological polar surface area (TPSA) is 29.3 Å². The maximum absolute atomic E-state index is 5.95. The van der Waals surface area contributed by atoms with Gasteiger partial charge in [0.05, 0.1) is 4.05 Å². The van der Waals surface area contributed by atoms with Crippen LogP contribution in [0.3, 0.4) is 0 Å². The summed E-state index contributed by atoms with van der Waals surface area (Å²) in [5, 5.41) is 0.801. The first-order valence-electron chi connectivity index (χ1n) is 5.53. The van der Waals surface area contributed by atoms with Gasteiger partial charge >= 0.3 is 0 Å². The van der Waals surface area contributed by atoms with E-state index < -0.39 is 0 Å². The molecule has 0 spiro atoms. The first-order valence-corrected chi connectivity index (χ1v) is 7.15. The number of hydrogen-bond acceptors (Lipinski definition) is 2. The Labute approximate surface area is 115 Å². The normalized spacial score (nSPS) is 26.9. The molecule has 1 heterocycles. The van der Waals surface area contributed by atoms with Crippen LogP contribution in [0.2, 0.25) is 5.02 Å². The van der Waals surface area contributed by atoms with Crippen LogP contribution in [-0.2, 0) is 6.54 Å². The summed E-state index contributed by atoms with van der Waals surface area (Å²) >= 11 is 8.36. The number of nitrogens with zero attached hydrogens (tertiary/aromatic N) is 1. The number of likely N-dealkylation sites (tertiary alicyclic amines) is 1. The molecule has 0 amide bonds. The molecule has 1 aromatic carbocycles. The Morgan fingerprint density at radius 2 is 2.06 bits per heavy atom. The summed E-state index contributed by atoms with van der Waals surface area (Å²) in [7, 11) is 0. The minimum atomic E-state index is 0.378. The third-order valence-corrected chi connectivity index (χ3v) is 4.53. The molecule has 0 aromatic heterocycles. The molecule has 1 saturated heterocycles. The van der Waals surface area contributed by atoms with Crippen molar-refractivity contribution in [2.75, 3.05) is 6.54 Å². The van der Waals surface area contributed by atoms with E-state index in [2.05, 4.69) is 39.6 Å². The molecule has 1 aliphatic heterocycles. The van der Waals surface area contributed by atoms with Gasteiger partial charge in [0.1, 0.15) is 0 Å². The van der Waals surface area contributed by atoms with E-state index in [1.54, 1.807) is 0 Å². The third kappa shape index (κ3) is 3.32. The molecular weight excluding hydrogens is 335 g/mol. The van der Waals surface area contributed by atoms with Crippen molar-refractivity contribution in [3.63, 3.8) is 0 Å². The summed E-state index contributed by atoms with van der Waals surface area (Å²) in [4.78, 5) is 2.48. The van der Waals surface area contributed by atoms with Crippen LogP contribution in [0.5, 0.6) is 0 Å². The number of alkyl halides is 1. The van der Waals surface area contributed by atoms with Crippen LogP contribution in [0.1, 0.15) is 18.4 Å². The lowest BCUT2D eigenvalue weighted by Gasteiger charge is -2.35. The Morgan fingerprint density at radius 1 is 1.38 bits per heavy atom. The van der Waals surface area contributed by atoms with Crippen LogP contribution >= 0.6 is 34.2 Å². The minimum Gasteiger partial charge on any atom is -0.328 e. The minimum absolute atomic E-state index is 0.378. The van der Waals surface area contributed by atoms with Crippen molar-refractivity contribution in [1.82, 2.24) is 4.90 Å². The molecule has 2 N–H and O–H groups in total. The Hall–Kier alpha value is 0.160. The second-order valence-corrected chi connectivity index (χ2v) is 6.19. The fourth-order valence-electron chi connectivity index (χ4n) is 1.99. The molecule has 1 fully saturated rings. The molecule has 4 heteroatoms. The van der Waals surface area contributed by atoms with E-state index in [0.29, 0.717) is 10.1 Å². The van der Waals surface area contributed by atoms with E-state index in [0.717, 1.165) is 31.0 Å². The van der Waals surface area contributed by atoms with E-state index in [1.165, 1.54) is 5.56 Å². The van der Waals surface area contributed by atoms with Crippen LogP contribution in [0.15, 0.2) is 24.3 Å². The van der Waals surface area contributed by atoms with Gasteiger partial charge in [-0.05, 0) is 30.5 Å². The van der Waals surface area contributed by atoms with Gasteiger partial charge < -0.3 is 5.73 Å². The number of piperidine rings is 1. The van der Waals surface area contributed by atoms with Gasteiger partial charge in [-0.3, -0.25) is 4.90 Å². The SMILES string of the molecule is NC1CCN(Cc2ccc(Cl)cc2)C(I)C1. The molecule has 0 aliphatic carbocycles. The highest BCUT2D eigenvalue weighted by Gasteiger charge is 2.24. The van der Waals surface area contributed by atoms with Gasteiger partial charge in [0.15, 0.2) is 0 Å². The second-order valence-electron chi connectivity index (χ2n) is 4.32. The number of hydrogen-bond donors (Lipinski definition) is 1. The maximum Gasteiger partial charge on any atom is 0.0636 e. The average molecular weight is 351 g/mol. The van der Waals surface area contributed by atoms with Crippen molar-refractivity contribution in [1.29, 1.82) is 0 Å². The molecule has 0 radical (unpaired) electrons. The molecule has 2 atom stereocenters. The molecule has 16 heavy (non-hydrogen) atoms. The first-order chi connectivity index (χ1) is 7.65. The van der Waals surface area contributed by atoms with E-state index in [4.69, 9.17) is 17.3 Å². The van der Waals surface area contributed by atoms with Gasteiger partial charge in [-0.2, -0.15) is 0 Å². The molecule has 2 nitrogen and oxygen atoms in total. The van der Waals surface area contributed by atoms with Gasteiger partial charge in [-0.15, -0.1) is 0 Å². The van der Waals surface area contributed by atoms with E-state index in [1.807, 2.05) is 12.1 Å². The molecule has 0 saturated carbocycles. The number of nitrogens with two attached hydrogens (primary N) is 1. The Kier molecular flexibility index (Phi) is 4.47. The lowest BCUT2D eigenvalue weighted by Crippen LogP contribution is -2.43. The van der Waals surface area contributed by atoms with Crippen molar-refractivity contribution in [3.05, 3.63) is 34.9 Å². The average Bonchev–Trinajstić information content (AvgIpc) is 2.25. The number of rotatable bonds is 2. The monoisotopic (exact) mass is 350 g/mol. The van der Waals surface area contributed by atoms with Crippen molar-refractivity contribution in [2.45, 2.75) is 29.5 Å². The fourth-order valence-corrected chi connectivity index (χ4v) is 3.25. The van der Waals surface area contributed by atoms with E-state index in [-0.39, 0.29) is 0 Å². The van der Waals surface area contributed by atoms with Gasteiger partial charge in [0.2, 0.25) is 0 Å². The Bertz CT molecular complexity index is 341. The van der Waals surface area contributed by atoms with E-state index in [9.17, 15) is 0 Å². The molecule has 0 bridgehead atoms. The summed E-state index contributed by atoms with van der Waals surface area (Å²) in [6.45, 7) is 2.09. The lowest BCUT2D eigenvalue weighted by molar-refractivity contribution is 0.193. The lowest BCUT2D eigenvalue weighted by atomic mass is 10.1. The van der Waals surface area contributed by atoms with Gasteiger partial charge in [0.25, 0.3) is 0 Å². The third-order valence-electron chi connectivity index (χ3n) is 2.98. The smallest absolute Gasteiger partial charge is 0.0636 e. The van der Waals surface area contributed by atoms with Crippen molar-refractivity contribution < 1.29 is 0 Å². The summed E-state index contributed by atoms with van der Waals surface area (Å²) in [5.41, 5.74) is 7.27. The summed E-state index contributed by atoms with van der Waals surface area (Å²) < 4.78 is 0.553. The Balaban J connectivity index is 1.96. The molecule has 1 aliphatic rings. The quantitative estimate of drug-likeness (QED) is 0.505. The van der Waals surface area contributed by atoms with Gasteiger partial charge in [-0.1, -0.05) is 46.3 Å². The molecule has 2 rings (SSSR count). The van der Waals surface area contributed by atoms with Crippen molar-refractivity contribution >= 4 is 34.2 Å². The molecule has 88 valence electrons. The zero-order chi connectivity index (χ0) is 11.5. The van der Waals surface area contributed by atoms with E-state index >= 15 is 0 Å². The van der Waals surface area contributed by atoms with Crippen molar-refractivity contribution in [2.24, 2.45) is 5.73 Å². The van der Waals surface area contributed by atoms with Crippen LogP contribution in [-0.4, -0.2) is 21.5 Å². The number of benzene rings is 1. The molecule has 2 unspecified atom stereocenters. The van der Waals surface area contributed by atoms with Crippen LogP contribution in [0, 0.1) is 0 Å². The highest BCUT2D eigenvalue weighted by Crippen LogP contribution is 2.23. The van der Waals surface area contributed by atoms with Gasteiger partial charge in [-0.25, -0.2) is 0 Å². The highest BCUT2D eigenvalue weighted by atomic mass is 127. The summed E-state index contributed by atoms with van der Waals surface area (Å²) in [6, 6.07) is 8.48. The predicted molar refractivity (Wildman–Crippen MR) is 76.9 cm³/mol. The van der Waals surface area contributed by atoms with Crippen LogP contribution in [0.4, 0.5) is 0 Å². The standard InChI is InChI=1S/C12H16ClIN2/c13-10-3-1-9(2-4-10)8-16-6-5-11(15)7-12(16)14/h1-4,11-12H,5-8,15H2. The summed E-state index contributed by atoms with van der Waals surface area (Å²) in [5.74, 6) is 0. The largest absolute Gasteiger partial charge is 0.328 e. The first kappa shape index (κ1) is 12.6. The molecule has 1 aromatic rings. The Morgan fingerprint density at radius 3 is 2.69 bits per heavy atom. The van der Waals surface area contributed by atoms with Crippen molar-refractivity contribution in [3.8, 4) is 0 Å². The zero-order valence-corrected chi connectivity index (χ0v) is 12.0. The predicted octanol–water partition coefficient (Wildman–Crippen LogP) is 3.02. The molecular formula is C12H16ClIN2. The fraction of sp³-hybridized carbons (Fsp3) is 0.500. The zero-order valence-electron chi connectivity index (χ0n) is 9.07. The number of halogens is 2. The maximum atomic E-state index is 5.95. The van der Waals surface area contributed by atoms with Gasteiger partial charge in [0, 0.05) is 24.2 Å². The summed E-state index contributed by atoms with van der Waals surface area (Å²) in [6.07, 6.45) is 2.20. The highest BCUT2D eigenvalue weighted by molar-refractivity contribution is 14.1. The van der Waals surface area contributed by atoms with Crippen LogP contribution < -0.4 is 5.73 Å². The van der Waals surface area contributed by atoms with Crippen LogP contribution in [0.25, 0.3) is 0 Å².